The van der Waals surface area contributed by atoms with Crippen LogP contribution in [0.5, 0.6) is 0 Å². The van der Waals surface area contributed by atoms with E-state index >= 15 is 0 Å². The lowest BCUT2D eigenvalue weighted by atomic mass is 9.96. The molecule has 1 atom stereocenters. The van der Waals surface area contributed by atoms with Crippen molar-refractivity contribution in [3.05, 3.63) is 24.3 Å². The second-order valence-electron chi connectivity index (χ2n) is 5.44. The van der Waals surface area contributed by atoms with Gasteiger partial charge in [-0.1, -0.05) is 0 Å². The molecule has 0 spiro atoms. The van der Waals surface area contributed by atoms with E-state index in [9.17, 15) is 9.59 Å². The molecule has 1 aromatic carbocycles. The summed E-state index contributed by atoms with van der Waals surface area (Å²) in [6, 6.07) is 6.71. The summed E-state index contributed by atoms with van der Waals surface area (Å²) in [7, 11) is 0. The summed E-state index contributed by atoms with van der Waals surface area (Å²) < 4.78 is 0. The van der Waals surface area contributed by atoms with E-state index in [1.54, 1.807) is 24.3 Å². The zero-order chi connectivity index (χ0) is 15.4. The molecule has 6 nitrogen and oxygen atoms in total. The first-order chi connectivity index (χ1) is 9.97. The van der Waals surface area contributed by atoms with Crippen LogP contribution in [0, 0.1) is 5.92 Å². The Hall–Kier alpha value is -2.08. The van der Waals surface area contributed by atoms with E-state index in [0.29, 0.717) is 37.3 Å². The molecule has 0 saturated carbocycles. The van der Waals surface area contributed by atoms with Gasteiger partial charge in [0.05, 0.1) is 12.0 Å². The van der Waals surface area contributed by atoms with Crippen LogP contribution in [0.1, 0.15) is 19.8 Å². The third-order valence-corrected chi connectivity index (χ3v) is 3.98. The topological polar surface area (TPSA) is 95.7 Å². The average molecular weight is 291 g/mol. The number of amides is 1. The maximum atomic E-state index is 12.2. The van der Waals surface area contributed by atoms with Crippen molar-refractivity contribution in [1.29, 1.82) is 0 Å². The zero-order valence-electron chi connectivity index (χ0n) is 12.1. The quantitative estimate of drug-likeness (QED) is 0.729. The third-order valence-electron chi connectivity index (χ3n) is 3.98. The molecule has 0 bridgehead atoms. The largest absolute Gasteiger partial charge is 0.481 e. The molecule has 0 aromatic heterocycles. The van der Waals surface area contributed by atoms with Crippen LogP contribution in [0.4, 0.5) is 11.4 Å². The number of rotatable bonds is 4. The smallest absolute Gasteiger partial charge is 0.306 e. The third kappa shape index (κ3) is 3.95. The maximum absolute atomic E-state index is 12.2. The van der Waals surface area contributed by atoms with E-state index in [0.717, 1.165) is 0 Å². The molecule has 1 amide bonds. The van der Waals surface area contributed by atoms with Crippen LogP contribution in [0.2, 0.25) is 0 Å². The molecule has 1 aliphatic rings. The number of nitrogens with zero attached hydrogens (tertiary/aromatic N) is 1. The molecule has 1 unspecified atom stereocenters. The van der Waals surface area contributed by atoms with E-state index < -0.39 is 5.97 Å². The molecular weight excluding hydrogens is 270 g/mol. The number of nitrogens with one attached hydrogen (secondary N) is 1. The summed E-state index contributed by atoms with van der Waals surface area (Å²) in [6.45, 7) is 3.11. The van der Waals surface area contributed by atoms with E-state index in [4.69, 9.17) is 10.8 Å². The zero-order valence-corrected chi connectivity index (χ0v) is 12.1. The lowest BCUT2D eigenvalue weighted by molar-refractivity contribution is -0.143. The van der Waals surface area contributed by atoms with Crippen LogP contribution in [-0.2, 0) is 9.59 Å². The number of nitrogen functional groups attached to an aromatic ring is 1. The summed E-state index contributed by atoms with van der Waals surface area (Å²) in [5.74, 6) is -1.12. The summed E-state index contributed by atoms with van der Waals surface area (Å²) in [5.41, 5.74) is 6.96. The highest BCUT2D eigenvalue weighted by atomic mass is 16.4. The highest BCUT2D eigenvalue weighted by molar-refractivity contribution is 5.94. The molecular formula is C15H21N3O3. The molecule has 1 fully saturated rings. The van der Waals surface area contributed by atoms with Crippen molar-refractivity contribution in [1.82, 2.24) is 4.90 Å². The average Bonchev–Trinajstić information content (AvgIpc) is 2.49. The first kappa shape index (κ1) is 15.3. The van der Waals surface area contributed by atoms with Gasteiger partial charge in [-0.15, -0.1) is 0 Å². The molecule has 21 heavy (non-hydrogen) atoms. The van der Waals surface area contributed by atoms with Crippen molar-refractivity contribution in [2.24, 2.45) is 5.92 Å². The summed E-state index contributed by atoms with van der Waals surface area (Å²) in [6.07, 6.45) is 1.18. The summed E-state index contributed by atoms with van der Waals surface area (Å²) >= 11 is 0. The normalized spacial score (nSPS) is 18.1. The molecule has 1 aliphatic heterocycles. The van der Waals surface area contributed by atoms with Gasteiger partial charge in [0.1, 0.15) is 0 Å². The Kier molecular flexibility index (Phi) is 4.80. The lowest BCUT2D eigenvalue weighted by Crippen LogP contribution is -2.46. The molecule has 1 saturated heterocycles. The van der Waals surface area contributed by atoms with Crippen molar-refractivity contribution in [2.75, 3.05) is 24.1 Å². The molecule has 4 N–H and O–H groups in total. The number of piperidine rings is 1. The van der Waals surface area contributed by atoms with Gasteiger partial charge in [-0.05, 0) is 57.1 Å². The number of carboxylic acid groups (broad SMARTS) is 1. The van der Waals surface area contributed by atoms with Gasteiger partial charge in [-0.25, -0.2) is 0 Å². The van der Waals surface area contributed by atoms with Crippen LogP contribution in [0.3, 0.4) is 0 Å². The minimum atomic E-state index is -0.742. The van der Waals surface area contributed by atoms with Crippen molar-refractivity contribution in [2.45, 2.75) is 25.8 Å². The van der Waals surface area contributed by atoms with Crippen LogP contribution >= 0.6 is 0 Å². The second-order valence-corrected chi connectivity index (χ2v) is 5.44. The maximum Gasteiger partial charge on any atom is 0.306 e. The number of anilines is 2. The fourth-order valence-corrected chi connectivity index (χ4v) is 2.51. The van der Waals surface area contributed by atoms with Gasteiger partial charge in [-0.2, -0.15) is 0 Å². The van der Waals surface area contributed by atoms with E-state index in [2.05, 4.69) is 5.32 Å². The number of hydrogen-bond donors (Lipinski definition) is 3. The highest BCUT2D eigenvalue weighted by Gasteiger charge is 2.29. The van der Waals surface area contributed by atoms with E-state index in [1.807, 2.05) is 11.8 Å². The van der Waals surface area contributed by atoms with Gasteiger partial charge in [-0.3, -0.25) is 14.5 Å². The van der Waals surface area contributed by atoms with Gasteiger partial charge in [0.2, 0.25) is 5.91 Å². The van der Waals surface area contributed by atoms with Crippen LogP contribution in [0.25, 0.3) is 0 Å². The Balaban J connectivity index is 1.88. The number of benzene rings is 1. The minimum Gasteiger partial charge on any atom is -0.481 e. The number of nitrogens with two attached hydrogens (primary N) is 1. The predicted octanol–water partition coefficient (Wildman–Crippen LogP) is 1.39. The van der Waals surface area contributed by atoms with Gasteiger partial charge in [0, 0.05) is 11.4 Å². The van der Waals surface area contributed by atoms with Gasteiger partial charge < -0.3 is 16.2 Å². The summed E-state index contributed by atoms with van der Waals surface area (Å²) in [4.78, 5) is 25.2. The monoisotopic (exact) mass is 291 g/mol. The number of aliphatic carboxylic acids is 1. The standard InChI is InChI=1S/C15H21N3O3/c1-10(18-8-6-11(7-9-18)15(20)21)14(19)17-13-4-2-12(16)3-5-13/h2-5,10-11H,6-9,16H2,1H3,(H,17,19)(H,20,21). The molecule has 0 radical (unpaired) electrons. The molecule has 1 heterocycles. The Labute approximate surface area is 123 Å². The van der Waals surface area contributed by atoms with Crippen molar-refractivity contribution in [3.8, 4) is 0 Å². The molecule has 2 rings (SSSR count). The SMILES string of the molecule is CC(C(=O)Nc1ccc(N)cc1)N1CCC(C(=O)O)CC1. The first-order valence-electron chi connectivity index (χ1n) is 7.10. The van der Waals surface area contributed by atoms with Crippen LogP contribution < -0.4 is 11.1 Å². The highest BCUT2D eigenvalue weighted by Crippen LogP contribution is 2.20. The summed E-state index contributed by atoms with van der Waals surface area (Å²) in [5, 5.41) is 11.8. The number of carboxylic acids is 1. The molecule has 0 aliphatic carbocycles. The second kappa shape index (κ2) is 6.58. The predicted molar refractivity (Wildman–Crippen MR) is 80.9 cm³/mol. The number of hydrogen-bond acceptors (Lipinski definition) is 4. The van der Waals surface area contributed by atoms with Crippen molar-refractivity contribution in [3.63, 3.8) is 0 Å². The van der Waals surface area contributed by atoms with E-state index in [1.165, 1.54) is 0 Å². The minimum absolute atomic E-state index is 0.0893. The van der Waals surface area contributed by atoms with Crippen molar-refractivity contribution < 1.29 is 14.7 Å². The number of carbonyl (C=O) groups excluding carboxylic acids is 1. The lowest BCUT2D eigenvalue weighted by Gasteiger charge is -2.33. The molecule has 1 aromatic rings. The Bertz CT molecular complexity index is 507. The number of likely N-dealkylation sites (tertiary alicyclic amines) is 1. The Morgan fingerprint density at radius 3 is 2.38 bits per heavy atom. The first-order valence-corrected chi connectivity index (χ1v) is 7.10. The molecule has 6 heteroatoms. The van der Waals surface area contributed by atoms with Gasteiger partial charge in [0.15, 0.2) is 0 Å². The van der Waals surface area contributed by atoms with Crippen molar-refractivity contribution >= 4 is 23.3 Å². The fourth-order valence-electron chi connectivity index (χ4n) is 2.51. The number of carbonyl (C=O) groups is 2. The van der Waals surface area contributed by atoms with E-state index in [-0.39, 0.29) is 17.9 Å². The van der Waals surface area contributed by atoms with Crippen LogP contribution in [-0.4, -0.2) is 41.0 Å². The Morgan fingerprint density at radius 2 is 1.86 bits per heavy atom. The Morgan fingerprint density at radius 1 is 1.29 bits per heavy atom. The fraction of sp³-hybridized carbons (Fsp3) is 0.467. The van der Waals surface area contributed by atoms with Gasteiger partial charge >= 0.3 is 5.97 Å². The van der Waals surface area contributed by atoms with Gasteiger partial charge in [0.25, 0.3) is 0 Å². The molecule has 114 valence electrons. The van der Waals surface area contributed by atoms with Crippen LogP contribution in [0.15, 0.2) is 24.3 Å².